The average molecular weight is 188 g/mol. The van der Waals surface area contributed by atoms with Crippen LogP contribution in [0, 0.1) is 0 Å². The number of hydrogen-bond acceptors (Lipinski definition) is 5. The molecule has 0 saturated carbocycles. The van der Waals surface area contributed by atoms with E-state index >= 15 is 0 Å². The van der Waals surface area contributed by atoms with Crippen LogP contribution in [-0.2, 0) is 25.2 Å². The summed E-state index contributed by atoms with van der Waals surface area (Å²) >= 11 is 0. The topological polar surface area (TPSA) is 102 Å². The third-order valence-electron chi connectivity index (χ3n) is 0.552. The van der Waals surface area contributed by atoms with Crippen molar-refractivity contribution in [2.45, 2.75) is 6.42 Å². The van der Waals surface area contributed by atoms with Gasteiger partial charge in [-0.2, -0.15) is 8.42 Å². The summed E-state index contributed by atoms with van der Waals surface area (Å²) in [4.78, 5) is 8.69. The van der Waals surface area contributed by atoms with Crippen molar-refractivity contribution in [3.8, 4) is 0 Å². The van der Waals surface area contributed by atoms with Crippen LogP contribution in [0.4, 0.5) is 0 Å². The zero-order chi connectivity index (χ0) is 8.74. The normalized spacial score (nSPS) is 18.4. The van der Waals surface area contributed by atoms with Crippen LogP contribution in [-0.4, -0.2) is 30.7 Å². The van der Waals surface area contributed by atoms with Gasteiger partial charge in [-0.25, -0.2) is 9.78 Å². The standard InChI is InChI=1S/C3H6O3.H2O4S/c1-2-4-6-5-3-1;1-5(2,3)4/h1-3H2;(H2,1,2,3,4). The summed E-state index contributed by atoms with van der Waals surface area (Å²) in [6, 6.07) is 0. The third kappa shape index (κ3) is 17.7. The summed E-state index contributed by atoms with van der Waals surface area (Å²) in [5, 5.41) is 4.07. The largest absolute Gasteiger partial charge is 0.394 e. The fourth-order valence-electron chi connectivity index (χ4n) is 0.279. The smallest absolute Gasteiger partial charge is 0.264 e. The molecule has 68 valence electrons. The lowest BCUT2D eigenvalue weighted by atomic mass is 10.5. The van der Waals surface area contributed by atoms with Gasteiger partial charge in [-0.1, -0.05) is 5.04 Å². The van der Waals surface area contributed by atoms with Crippen molar-refractivity contribution in [2.24, 2.45) is 0 Å². The van der Waals surface area contributed by atoms with Gasteiger partial charge in [0, 0.05) is 6.42 Å². The van der Waals surface area contributed by atoms with Gasteiger partial charge in [0.2, 0.25) is 0 Å². The molecule has 2 N–H and O–H groups in total. The predicted octanol–water partition coefficient (Wildman–Crippen LogP) is -0.383. The summed E-state index contributed by atoms with van der Waals surface area (Å²) in [5.74, 6) is 0. The highest BCUT2D eigenvalue weighted by atomic mass is 32.3. The van der Waals surface area contributed by atoms with E-state index in [0.717, 1.165) is 6.42 Å². The molecule has 0 aromatic carbocycles. The minimum atomic E-state index is -4.67. The van der Waals surface area contributed by atoms with Crippen molar-refractivity contribution in [3.63, 3.8) is 0 Å². The van der Waals surface area contributed by atoms with Crippen molar-refractivity contribution in [1.82, 2.24) is 0 Å². The Labute approximate surface area is 63.3 Å². The summed E-state index contributed by atoms with van der Waals surface area (Å²) in [7, 11) is -4.67. The lowest BCUT2D eigenvalue weighted by molar-refractivity contribution is -0.532. The Morgan fingerprint density at radius 2 is 1.45 bits per heavy atom. The van der Waals surface area contributed by atoms with Crippen LogP contribution in [0.3, 0.4) is 0 Å². The maximum atomic E-state index is 8.74. The van der Waals surface area contributed by atoms with Gasteiger partial charge in [-0.3, -0.25) is 9.11 Å². The molecule has 0 atom stereocenters. The maximum absolute atomic E-state index is 8.74. The quantitative estimate of drug-likeness (QED) is 0.394. The molecule has 1 fully saturated rings. The first-order valence-corrected chi connectivity index (χ1v) is 4.01. The van der Waals surface area contributed by atoms with Crippen molar-refractivity contribution in [2.75, 3.05) is 13.2 Å². The van der Waals surface area contributed by atoms with Gasteiger partial charge < -0.3 is 0 Å². The fourth-order valence-corrected chi connectivity index (χ4v) is 0.279. The molecule has 0 amide bonds. The molecule has 8 heteroatoms. The van der Waals surface area contributed by atoms with E-state index in [1.54, 1.807) is 0 Å². The SMILES string of the molecule is C1COOOC1.O=S(=O)(O)O. The Hall–Kier alpha value is -0.250. The molecule has 1 aliphatic heterocycles. The first kappa shape index (κ1) is 10.8. The molecule has 0 radical (unpaired) electrons. The maximum Gasteiger partial charge on any atom is 0.394 e. The molecule has 1 aliphatic rings. The van der Waals surface area contributed by atoms with Crippen LogP contribution in [0.1, 0.15) is 6.42 Å². The molecule has 1 saturated heterocycles. The summed E-state index contributed by atoms with van der Waals surface area (Å²) in [5.41, 5.74) is 0. The molecule has 1 rings (SSSR count). The van der Waals surface area contributed by atoms with Gasteiger partial charge in [0.25, 0.3) is 0 Å². The van der Waals surface area contributed by atoms with Crippen LogP contribution in [0.15, 0.2) is 0 Å². The summed E-state index contributed by atoms with van der Waals surface area (Å²) in [6.07, 6.45) is 0.931. The summed E-state index contributed by atoms with van der Waals surface area (Å²) < 4.78 is 31.6. The van der Waals surface area contributed by atoms with E-state index in [1.807, 2.05) is 0 Å². The molecular formula is C3H8O7S. The van der Waals surface area contributed by atoms with Gasteiger partial charge >= 0.3 is 10.4 Å². The van der Waals surface area contributed by atoms with E-state index in [-0.39, 0.29) is 0 Å². The second-order valence-corrected chi connectivity index (χ2v) is 2.41. The monoisotopic (exact) mass is 188 g/mol. The summed E-state index contributed by atoms with van der Waals surface area (Å²) in [6.45, 7) is 1.31. The second kappa shape index (κ2) is 5.41. The average Bonchev–Trinajstić information content (AvgIpc) is 1.88. The fraction of sp³-hybridized carbons (Fsp3) is 1.00. The van der Waals surface area contributed by atoms with E-state index in [9.17, 15) is 0 Å². The molecular weight excluding hydrogens is 180 g/mol. The zero-order valence-electron chi connectivity index (χ0n) is 5.47. The molecule has 11 heavy (non-hydrogen) atoms. The zero-order valence-corrected chi connectivity index (χ0v) is 6.28. The van der Waals surface area contributed by atoms with E-state index in [2.05, 4.69) is 14.8 Å². The number of rotatable bonds is 0. The number of hydrogen-bond donors (Lipinski definition) is 2. The third-order valence-corrected chi connectivity index (χ3v) is 0.552. The minimum Gasteiger partial charge on any atom is -0.264 e. The minimum absolute atomic E-state index is 0.653. The van der Waals surface area contributed by atoms with Gasteiger partial charge in [0.15, 0.2) is 0 Å². The highest BCUT2D eigenvalue weighted by Gasteiger charge is 1.96. The van der Waals surface area contributed by atoms with Crippen LogP contribution in [0.2, 0.25) is 0 Å². The van der Waals surface area contributed by atoms with Crippen LogP contribution >= 0.6 is 0 Å². The van der Waals surface area contributed by atoms with Crippen LogP contribution in [0.25, 0.3) is 0 Å². The predicted molar refractivity (Wildman–Crippen MR) is 31.8 cm³/mol. The van der Waals surface area contributed by atoms with Gasteiger partial charge in [-0.05, 0) is 0 Å². The van der Waals surface area contributed by atoms with Crippen LogP contribution in [0.5, 0.6) is 0 Å². The van der Waals surface area contributed by atoms with E-state index in [1.165, 1.54) is 0 Å². The van der Waals surface area contributed by atoms with E-state index < -0.39 is 10.4 Å². The van der Waals surface area contributed by atoms with Crippen molar-refractivity contribution in [3.05, 3.63) is 0 Å². The first-order valence-electron chi connectivity index (χ1n) is 2.61. The molecule has 0 spiro atoms. The highest BCUT2D eigenvalue weighted by Crippen LogP contribution is 1.93. The van der Waals surface area contributed by atoms with Gasteiger partial charge in [-0.15, -0.1) is 0 Å². The Morgan fingerprint density at radius 3 is 1.55 bits per heavy atom. The van der Waals surface area contributed by atoms with Gasteiger partial charge in [0.05, 0.1) is 13.2 Å². The highest BCUT2D eigenvalue weighted by molar-refractivity contribution is 7.79. The Bertz CT molecular complexity index is 149. The van der Waals surface area contributed by atoms with E-state index in [0.29, 0.717) is 13.2 Å². The Balaban J connectivity index is 0.000000187. The van der Waals surface area contributed by atoms with Crippen molar-refractivity contribution >= 4 is 10.4 Å². The van der Waals surface area contributed by atoms with Gasteiger partial charge in [0.1, 0.15) is 0 Å². The van der Waals surface area contributed by atoms with E-state index in [4.69, 9.17) is 17.5 Å². The molecule has 0 unspecified atom stereocenters. The molecule has 0 aromatic heterocycles. The first-order chi connectivity index (χ1) is 5.00. The van der Waals surface area contributed by atoms with Crippen molar-refractivity contribution in [1.29, 1.82) is 0 Å². The lowest BCUT2D eigenvalue weighted by Gasteiger charge is -2.06. The molecule has 0 aromatic rings. The molecule has 0 aliphatic carbocycles. The molecule has 1 heterocycles. The Morgan fingerprint density at radius 1 is 1.09 bits per heavy atom. The molecule has 7 nitrogen and oxygen atoms in total. The van der Waals surface area contributed by atoms with Crippen molar-refractivity contribution < 1.29 is 32.3 Å². The molecule has 0 bridgehead atoms. The van der Waals surface area contributed by atoms with Crippen LogP contribution < -0.4 is 0 Å². The Kier molecular flexibility index (Phi) is 5.28. The second-order valence-electron chi connectivity index (χ2n) is 1.51. The lowest BCUT2D eigenvalue weighted by Crippen LogP contribution is -2.08.